The van der Waals surface area contributed by atoms with Crippen LogP contribution < -0.4 is 0 Å². The number of hydrogen-bond donors (Lipinski definition) is 0. The summed E-state index contributed by atoms with van der Waals surface area (Å²) < 4.78 is 0. The molecule has 3 heteroatoms. The Bertz CT molecular complexity index is 441. The average molecular weight is 240 g/mol. The molecule has 0 heterocycles. The molecule has 0 aliphatic carbocycles. The van der Waals surface area contributed by atoms with Crippen molar-refractivity contribution in [3.63, 3.8) is 0 Å². The van der Waals surface area contributed by atoms with Crippen molar-refractivity contribution in [3.05, 3.63) is 39.9 Å². The lowest BCUT2D eigenvalue weighted by Crippen LogP contribution is -1.85. The highest BCUT2D eigenvalue weighted by Crippen LogP contribution is 2.27. The lowest BCUT2D eigenvalue weighted by Gasteiger charge is -2.04. The smallest absolute Gasteiger partial charge is 0.0962 e. The van der Waals surface area contributed by atoms with E-state index in [4.69, 9.17) is 28.5 Å². The second-order valence-corrected chi connectivity index (χ2v) is 4.01. The van der Waals surface area contributed by atoms with E-state index in [1.807, 2.05) is 26.0 Å². The van der Waals surface area contributed by atoms with E-state index in [1.54, 1.807) is 6.07 Å². The summed E-state index contributed by atoms with van der Waals surface area (Å²) in [7, 11) is 0. The second-order valence-electron chi connectivity index (χ2n) is 3.22. The van der Waals surface area contributed by atoms with Crippen LogP contribution in [-0.2, 0) is 0 Å². The molecule has 15 heavy (non-hydrogen) atoms. The van der Waals surface area contributed by atoms with E-state index in [9.17, 15) is 0 Å². The maximum atomic E-state index is 8.86. The number of rotatable bonds is 2. The van der Waals surface area contributed by atoms with Gasteiger partial charge in [-0.1, -0.05) is 36.2 Å². The first kappa shape index (κ1) is 12.1. The lowest BCUT2D eigenvalue weighted by atomic mass is 10.1. The maximum Gasteiger partial charge on any atom is 0.0962 e. The fraction of sp³-hybridized carbons (Fsp3) is 0.250. The quantitative estimate of drug-likeness (QED) is 0.696. The largest absolute Gasteiger partial charge is 0.193 e. The molecule has 0 saturated heterocycles. The van der Waals surface area contributed by atoms with Gasteiger partial charge in [0.1, 0.15) is 0 Å². The first-order chi connectivity index (χ1) is 7.10. The maximum absolute atomic E-state index is 8.86. The van der Waals surface area contributed by atoms with Gasteiger partial charge in [-0.25, -0.2) is 0 Å². The van der Waals surface area contributed by atoms with Crippen molar-refractivity contribution in [1.29, 1.82) is 5.26 Å². The number of nitrogens with zero attached hydrogens (tertiary/aromatic N) is 1. The van der Waals surface area contributed by atoms with Crippen LogP contribution in [0.15, 0.2) is 23.8 Å². The van der Waals surface area contributed by atoms with Gasteiger partial charge in [-0.15, -0.1) is 0 Å². The molecule has 0 aliphatic rings. The van der Waals surface area contributed by atoms with E-state index in [0.29, 0.717) is 22.0 Å². The zero-order valence-corrected chi connectivity index (χ0v) is 10.2. The summed E-state index contributed by atoms with van der Waals surface area (Å²) in [5.74, 6) is 0. The Kier molecular flexibility index (Phi) is 4.20. The van der Waals surface area contributed by atoms with Crippen molar-refractivity contribution < 1.29 is 0 Å². The highest BCUT2D eigenvalue weighted by Gasteiger charge is 2.06. The van der Waals surface area contributed by atoms with Gasteiger partial charge in [0.2, 0.25) is 0 Å². The standard InChI is InChI=1S/C12H11Cl2N/c1-3-9(7-15)12(14)10-4-5-11(13)8(2)6-10/h4-6H,3H2,1-2H3/b12-9-. The first-order valence-electron chi connectivity index (χ1n) is 4.65. The third-order valence-corrected chi connectivity index (χ3v) is 3.04. The molecule has 0 spiro atoms. The topological polar surface area (TPSA) is 23.8 Å². The summed E-state index contributed by atoms with van der Waals surface area (Å²) in [6.45, 7) is 3.82. The summed E-state index contributed by atoms with van der Waals surface area (Å²) in [5.41, 5.74) is 2.40. The SMILES string of the molecule is CC/C(C#N)=C(/Cl)c1ccc(Cl)c(C)c1. The molecular weight excluding hydrogens is 229 g/mol. The molecule has 1 aromatic carbocycles. The van der Waals surface area contributed by atoms with E-state index >= 15 is 0 Å². The minimum absolute atomic E-state index is 0.514. The predicted molar refractivity (Wildman–Crippen MR) is 64.9 cm³/mol. The summed E-state index contributed by atoms with van der Waals surface area (Å²) in [5, 5.41) is 10.1. The van der Waals surface area contributed by atoms with Crippen molar-refractivity contribution in [2.45, 2.75) is 20.3 Å². The van der Waals surface area contributed by atoms with Crippen molar-refractivity contribution in [2.75, 3.05) is 0 Å². The Morgan fingerprint density at radius 3 is 2.60 bits per heavy atom. The summed E-state index contributed by atoms with van der Waals surface area (Å²) >= 11 is 12.0. The molecule has 0 radical (unpaired) electrons. The Morgan fingerprint density at radius 1 is 1.47 bits per heavy atom. The van der Waals surface area contributed by atoms with E-state index in [-0.39, 0.29) is 0 Å². The third kappa shape index (κ3) is 2.75. The zero-order valence-electron chi connectivity index (χ0n) is 8.64. The molecule has 1 rings (SSSR count). The van der Waals surface area contributed by atoms with Crippen LogP contribution in [0.5, 0.6) is 0 Å². The normalized spacial score (nSPS) is 11.9. The van der Waals surface area contributed by atoms with Gasteiger partial charge < -0.3 is 0 Å². The van der Waals surface area contributed by atoms with Crippen molar-refractivity contribution in [3.8, 4) is 6.07 Å². The lowest BCUT2D eigenvalue weighted by molar-refractivity contribution is 1.16. The van der Waals surface area contributed by atoms with Crippen LogP contribution in [0.3, 0.4) is 0 Å². The van der Waals surface area contributed by atoms with Gasteiger partial charge in [-0.3, -0.25) is 0 Å². The van der Waals surface area contributed by atoms with Crippen molar-refractivity contribution in [2.24, 2.45) is 0 Å². The summed E-state index contributed by atoms with van der Waals surface area (Å²) in [6, 6.07) is 7.60. The number of hydrogen-bond acceptors (Lipinski definition) is 1. The minimum atomic E-state index is 0.514. The van der Waals surface area contributed by atoms with Crippen LogP contribution in [0.4, 0.5) is 0 Å². The van der Waals surface area contributed by atoms with Crippen molar-refractivity contribution in [1.82, 2.24) is 0 Å². The number of halogens is 2. The number of benzene rings is 1. The van der Waals surface area contributed by atoms with Crippen LogP contribution in [0, 0.1) is 18.3 Å². The highest BCUT2D eigenvalue weighted by molar-refractivity contribution is 6.49. The molecule has 78 valence electrons. The number of aryl methyl sites for hydroxylation is 1. The van der Waals surface area contributed by atoms with E-state index in [2.05, 4.69) is 6.07 Å². The van der Waals surface area contributed by atoms with E-state index < -0.39 is 0 Å². The Hall–Kier alpha value is -0.970. The average Bonchev–Trinajstić information content (AvgIpc) is 2.23. The molecular formula is C12H11Cl2N. The molecule has 1 aromatic rings. The van der Waals surface area contributed by atoms with Crippen LogP contribution in [0.2, 0.25) is 5.02 Å². The molecule has 0 aliphatic heterocycles. The van der Waals surface area contributed by atoms with Gasteiger partial charge in [0.05, 0.1) is 11.1 Å². The molecule has 1 nitrogen and oxygen atoms in total. The predicted octanol–water partition coefficient (Wildman–Crippen LogP) is 4.53. The van der Waals surface area contributed by atoms with Gasteiger partial charge in [0.25, 0.3) is 0 Å². The minimum Gasteiger partial charge on any atom is -0.193 e. The molecule has 0 unspecified atom stereocenters. The van der Waals surface area contributed by atoms with Crippen LogP contribution in [-0.4, -0.2) is 0 Å². The van der Waals surface area contributed by atoms with Crippen LogP contribution in [0.1, 0.15) is 24.5 Å². The second kappa shape index (κ2) is 5.21. The van der Waals surface area contributed by atoms with Crippen LogP contribution in [0.25, 0.3) is 5.03 Å². The molecule has 0 fully saturated rings. The summed E-state index contributed by atoms with van der Waals surface area (Å²) in [4.78, 5) is 0. The molecule has 0 saturated carbocycles. The molecule has 0 aromatic heterocycles. The Labute approximate surface area is 99.9 Å². The molecule has 0 bridgehead atoms. The third-order valence-electron chi connectivity index (χ3n) is 2.16. The monoisotopic (exact) mass is 239 g/mol. The van der Waals surface area contributed by atoms with Gasteiger partial charge in [-0.2, -0.15) is 5.26 Å². The van der Waals surface area contributed by atoms with Gasteiger partial charge in [0.15, 0.2) is 0 Å². The fourth-order valence-corrected chi connectivity index (χ4v) is 1.65. The van der Waals surface area contributed by atoms with Gasteiger partial charge >= 0.3 is 0 Å². The number of allylic oxidation sites excluding steroid dienone is 1. The van der Waals surface area contributed by atoms with Crippen molar-refractivity contribution >= 4 is 28.2 Å². The molecule has 0 amide bonds. The Balaban J connectivity index is 3.24. The number of nitriles is 1. The Morgan fingerprint density at radius 2 is 2.13 bits per heavy atom. The van der Waals surface area contributed by atoms with Crippen LogP contribution >= 0.6 is 23.2 Å². The van der Waals surface area contributed by atoms with Gasteiger partial charge in [-0.05, 0) is 36.6 Å². The first-order valence-corrected chi connectivity index (χ1v) is 5.41. The fourth-order valence-electron chi connectivity index (χ4n) is 1.24. The van der Waals surface area contributed by atoms with E-state index in [1.165, 1.54) is 0 Å². The molecule has 0 atom stereocenters. The molecule has 0 N–H and O–H groups in total. The summed E-state index contributed by atoms with van der Waals surface area (Å²) in [6.07, 6.45) is 0.636. The highest BCUT2D eigenvalue weighted by atomic mass is 35.5. The van der Waals surface area contributed by atoms with Gasteiger partial charge in [0, 0.05) is 10.6 Å². The van der Waals surface area contributed by atoms with E-state index in [0.717, 1.165) is 11.1 Å². The zero-order chi connectivity index (χ0) is 11.4.